The highest BCUT2D eigenvalue weighted by atomic mass is 16.6. The van der Waals surface area contributed by atoms with Gasteiger partial charge in [-0.05, 0) is 31.0 Å². The molecule has 0 saturated heterocycles. The number of unbranched alkanes of at least 4 members (excludes halogenated alkanes) is 12. The molecule has 0 bridgehead atoms. The molecule has 1 aromatic carbocycles. The fraction of sp³-hybridized carbons (Fsp3) is 0.615. The highest BCUT2D eigenvalue weighted by molar-refractivity contribution is 5.94. The van der Waals surface area contributed by atoms with Gasteiger partial charge in [0.25, 0.3) is 0 Å². The molecule has 1 amide bonds. The van der Waals surface area contributed by atoms with E-state index in [1.165, 1.54) is 70.6 Å². The molecule has 0 heterocycles. The summed E-state index contributed by atoms with van der Waals surface area (Å²) in [6.07, 6.45) is 17.2. The van der Waals surface area contributed by atoms with E-state index in [1.54, 1.807) is 31.2 Å². The van der Waals surface area contributed by atoms with E-state index in [0.717, 1.165) is 12.8 Å². The van der Waals surface area contributed by atoms with Gasteiger partial charge in [-0.2, -0.15) is 5.90 Å². The van der Waals surface area contributed by atoms with Gasteiger partial charge in [0.05, 0.1) is 0 Å². The van der Waals surface area contributed by atoms with Crippen molar-refractivity contribution in [2.75, 3.05) is 5.32 Å². The zero-order valence-electron chi connectivity index (χ0n) is 20.0. The van der Waals surface area contributed by atoms with Crippen molar-refractivity contribution in [1.82, 2.24) is 0 Å². The van der Waals surface area contributed by atoms with E-state index in [2.05, 4.69) is 17.1 Å². The molecule has 1 aromatic rings. The van der Waals surface area contributed by atoms with E-state index in [-0.39, 0.29) is 11.7 Å². The third kappa shape index (κ3) is 11.9. The average Bonchev–Trinajstić information content (AvgIpc) is 2.77. The lowest BCUT2D eigenvalue weighted by Gasteiger charge is -2.09. The number of carboxylic acid groups (broad SMARTS) is 1. The highest BCUT2D eigenvalue weighted by Gasteiger charge is 2.14. The predicted octanol–water partition coefficient (Wildman–Crippen LogP) is 6.81. The van der Waals surface area contributed by atoms with Crippen molar-refractivity contribution >= 4 is 23.1 Å². The zero-order chi connectivity index (χ0) is 23.6. The van der Waals surface area contributed by atoms with E-state index in [4.69, 9.17) is 11.0 Å². The third-order valence-corrected chi connectivity index (χ3v) is 5.76. The Bertz CT molecular complexity index is 698. The maximum absolute atomic E-state index is 12.1. The molecule has 0 aliphatic rings. The summed E-state index contributed by atoms with van der Waals surface area (Å²) in [5, 5.41) is 12.0. The fourth-order valence-electron chi connectivity index (χ4n) is 3.76. The Hall–Kier alpha value is -2.34. The Labute approximate surface area is 193 Å². The maximum atomic E-state index is 12.1. The number of hydrogen-bond acceptors (Lipinski definition) is 4. The van der Waals surface area contributed by atoms with Crippen LogP contribution < -0.4 is 11.2 Å². The molecule has 32 heavy (non-hydrogen) atoms. The van der Waals surface area contributed by atoms with Crippen molar-refractivity contribution in [3.63, 3.8) is 0 Å². The van der Waals surface area contributed by atoms with Gasteiger partial charge in [-0.15, -0.1) is 0 Å². The molecule has 0 aliphatic heterocycles. The molecule has 6 nitrogen and oxygen atoms in total. The first kappa shape index (κ1) is 27.7. The molecule has 6 heteroatoms. The summed E-state index contributed by atoms with van der Waals surface area (Å²) >= 11 is 0. The lowest BCUT2D eigenvalue weighted by molar-refractivity contribution is -0.136. The Morgan fingerprint density at radius 3 is 1.75 bits per heavy atom. The number of amides is 1. The van der Waals surface area contributed by atoms with Crippen LogP contribution >= 0.6 is 0 Å². The molecule has 0 radical (unpaired) electrons. The predicted molar refractivity (Wildman–Crippen MR) is 131 cm³/mol. The van der Waals surface area contributed by atoms with Gasteiger partial charge in [-0.25, -0.2) is 4.79 Å². The van der Waals surface area contributed by atoms with Gasteiger partial charge in [-0.3, -0.25) is 4.79 Å². The summed E-state index contributed by atoms with van der Waals surface area (Å²) in [6, 6.07) is 6.96. The summed E-state index contributed by atoms with van der Waals surface area (Å²) in [7, 11) is 0. The van der Waals surface area contributed by atoms with Crippen LogP contribution in [0.1, 0.15) is 109 Å². The maximum Gasteiger partial charge on any atom is 0.374 e. The minimum absolute atomic E-state index is 0.00426. The molecule has 0 atom stereocenters. The first-order valence-corrected chi connectivity index (χ1v) is 12.2. The van der Waals surface area contributed by atoms with Crippen LogP contribution in [0.4, 0.5) is 5.69 Å². The summed E-state index contributed by atoms with van der Waals surface area (Å²) in [5.41, 5.74) is 1.78. The van der Waals surface area contributed by atoms with Crippen LogP contribution in [-0.2, 0) is 14.4 Å². The highest BCUT2D eigenvalue weighted by Crippen LogP contribution is 2.21. The monoisotopic (exact) mass is 446 g/mol. The number of nitrogens with two attached hydrogens (primary N) is 1. The van der Waals surface area contributed by atoms with Crippen LogP contribution in [0.15, 0.2) is 30.0 Å². The molecule has 1 rings (SSSR count). The number of aliphatic carboxylic acids is 1. The lowest BCUT2D eigenvalue weighted by atomic mass is 10.0. The van der Waals surface area contributed by atoms with E-state index < -0.39 is 5.97 Å². The summed E-state index contributed by atoms with van der Waals surface area (Å²) < 4.78 is 0. The number of nitrogens with one attached hydrogen (secondary N) is 1. The van der Waals surface area contributed by atoms with Gasteiger partial charge in [0.1, 0.15) is 0 Å². The van der Waals surface area contributed by atoms with Crippen LogP contribution in [0.2, 0.25) is 0 Å². The lowest BCUT2D eigenvalue weighted by Crippen LogP contribution is -2.12. The van der Waals surface area contributed by atoms with Crippen molar-refractivity contribution in [1.29, 1.82) is 0 Å². The van der Waals surface area contributed by atoms with E-state index in [9.17, 15) is 9.59 Å². The molecule has 0 aromatic heterocycles. The van der Waals surface area contributed by atoms with Gasteiger partial charge in [0.15, 0.2) is 0 Å². The van der Waals surface area contributed by atoms with E-state index in [1.807, 2.05) is 0 Å². The Morgan fingerprint density at radius 1 is 0.844 bits per heavy atom. The number of carbonyl (C=O) groups excluding carboxylic acids is 1. The number of rotatable bonds is 18. The van der Waals surface area contributed by atoms with E-state index in [0.29, 0.717) is 23.2 Å². The number of anilines is 1. The van der Waals surface area contributed by atoms with Gasteiger partial charge in [0.2, 0.25) is 11.7 Å². The SMILES string of the molecule is CCCCCCCCCCCCCCCC(=O)Nc1ccc(C(C)=C(ON)C(=O)O)cc1. The molecule has 0 saturated carbocycles. The topological polar surface area (TPSA) is 102 Å². The quantitative estimate of drug-likeness (QED) is 0.0994. The molecular formula is C26H42N2O4. The van der Waals surface area contributed by atoms with Crippen molar-refractivity contribution in [2.24, 2.45) is 5.90 Å². The second kappa shape index (κ2) is 17.2. The van der Waals surface area contributed by atoms with Crippen molar-refractivity contribution in [3.8, 4) is 0 Å². The fourth-order valence-corrected chi connectivity index (χ4v) is 3.76. The third-order valence-electron chi connectivity index (χ3n) is 5.76. The van der Waals surface area contributed by atoms with Crippen molar-refractivity contribution in [3.05, 3.63) is 35.6 Å². The van der Waals surface area contributed by atoms with Crippen LogP contribution in [0.5, 0.6) is 0 Å². The molecule has 0 aliphatic carbocycles. The largest absolute Gasteiger partial charge is 0.475 e. The van der Waals surface area contributed by atoms with Gasteiger partial charge < -0.3 is 15.3 Å². The van der Waals surface area contributed by atoms with Gasteiger partial charge >= 0.3 is 5.97 Å². The number of carbonyl (C=O) groups is 2. The van der Waals surface area contributed by atoms with Gasteiger partial charge in [0, 0.05) is 17.7 Å². The second-order valence-corrected chi connectivity index (χ2v) is 8.50. The number of carboxylic acids is 1. The Balaban J connectivity index is 2.14. The molecular weight excluding hydrogens is 404 g/mol. The van der Waals surface area contributed by atoms with Crippen LogP contribution in [0, 0.1) is 0 Å². The van der Waals surface area contributed by atoms with Gasteiger partial charge in [-0.1, -0.05) is 96.1 Å². The molecule has 4 N–H and O–H groups in total. The number of hydrogen-bond donors (Lipinski definition) is 3. The molecule has 0 spiro atoms. The zero-order valence-corrected chi connectivity index (χ0v) is 20.0. The van der Waals surface area contributed by atoms with Crippen LogP contribution in [0.3, 0.4) is 0 Å². The Kier molecular flexibility index (Phi) is 14.9. The number of allylic oxidation sites excluding steroid dienone is 1. The smallest absolute Gasteiger partial charge is 0.374 e. The second-order valence-electron chi connectivity index (χ2n) is 8.50. The summed E-state index contributed by atoms with van der Waals surface area (Å²) in [4.78, 5) is 27.7. The molecule has 0 fully saturated rings. The van der Waals surface area contributed by atoms with Crippen molar-refractivity contribution < 1.29 is 19.5 Å². The first-order chi connectivity index (χ1) is 15.5. The minimum Gasteiger partial charge on any atom is -0.475 e. The Morgan fingerprint density at radius 2 is 1.31 bits per heavy atom. The summed E-state index contributed by atoms with van der Waals surface area (Å²) in [6.45, 7) is 3.88. The molecule has 0 unspecified atom stereocenters. The first-order valence-electron chi connectivity index (χ1n) is 12.2. The standard InChI is InChI=1S/C26H42N2O4/c1-3-4-5-6-7-8-9-10-11-12-13-14-15-16-24(29)28-23-19-17-22(18-20-23)21(2)25(32-27)26(30)31/h17-20H,3-16,27H2,1-2H3,(H,28,29)(H,30,31). The van der Waals surface area contributed by atoms with Crippen molar-refractivity contribution in [2.45, 2.75) is 104 Å². The van der Waals surface area contributed by atoms with Crippen LogP contribution in [0.25, 0.3) is 5.57 Å². The normalized spacial score (nSPS) is 11.7. The summed E-state index contributed by atoms with van der Waals surface area (Å²) in [5.74, 6) is 3.52. The van der Waals surface area contributed by atoms with E-state index >= 15 is 0 Å². The number of benzene rings is 1. The molecule has 180 valence electrons. The van der Waals surface area contributed by atoms with Crippen LogP contribution in [-0.4, -0.2) is 17.0 Å². The minimum atomic E-state index is -1.22. The average molecular weight is 447 g/mol.